The molecule has 0 saturated heterocycles. The van der Waals surface area contributed by atoms with E-state index in [1.165, 1.54) is 10.7 Å². The third-order valence-corrected chi connectivity index (χ3v) is 6.02. The number of aliphatic hydroxyl groups is 1. The molecule has 0 bridgehead atoms. The summed E-state index contributed by atoms with van der Waals surface area (Å²) in [6.45, 7) is 0.963. The van der Waals surface area contributed by atoms with Crippen molar-refractivity contribution < 1.29 is 14.6 Å². The maximum Gasteiger partial charge on any atom is 0.274 e. The number of nitrogens with zero attached hydrogens (tertiary/aromatic N) is 4. The normalized spacial score (nSPS) is 19.8. The van der Waals surface area contributed by atoms with Gasteiger partial charge < -0.3 is 30.4 Å². The van der Waals surface area contributed by atoms with Crippen LogP contribution in [0, 0.1) is 0 Å². The third kappa shape index (κ3) is 4.41. The summed E-state index contributed by atoms with van der Waals surface area (Å²) in [5, 5.41) is 23.0. The van der Waals surface area contributed by atoms with Gasteiger partial charge in [0.2, 0.25) is 0 Å². The van der Waals surface area contributed by atoms with Crippen LogP contribution in [0.3, 0.4) is 0 Å². The van der Waals surface area contributed by atoms with Crippen molar-refractivity contribution in [3.63, 3.8) is 0 Å². The molecule has 11 nitrogen and oxygen atoms in total. The lowest BCUT2D eigenvalue weighted by molar-refractivity contribution is 0.0448. The Bertz CT molecular complexity index is 1230. The highest BCUT2D eigenvalue weighted by atomic mass is 16.5. The minimum absolute atomic E-state index is 0.185. The van der Waals surface area contributed by atoms with Gasteiger partial charge in [-0.25, -0.2) is 4.98 Å². The van der Waals surface area contributed by atoms with Gasteiger partial charge >= 0.3 is 0 Å². The van der Waals surface area contributed by atoms with Crippen molar-refractivity contribution in [3.05, 3.63) is 46.5 Å². The summed E-state index contributed by atoms with van der Waals surface area (Å²) in [7, 11) is 1.74. The highest BCUT2D eigenvalue weighted by molar-refractivity contribution is 6.00. The van der Waals surface area contributed by atoms with Gasteiger partial charge in [0.25, 0.3) is 11.5 Å². The van der Waals surface area contributed by atoms with E-state index in [9.17, 15) is 14.7 Å². The van der Waals surface area contributed by atoms with Crippen LogP contribution in [0.2, 0.25) is 0 Å². The number of rotatable bonds is 9. The number of aliphatic hydroxyl groups excluding tert-OH is 1. The van der Waals surface area contributed by atoms with Gasteiger partial charge in [-0.1, -0.05) is 0 Å². The van der Waals surface area contributed by atoms with Crippen molar-refractivity contribution in [3.8, 4) is 0 Å². The number of anilines is 3. The van der Waals surface area contributed by atoms with E-state index in [2.05, 4.69) is 26.0 Å². The number of amides is 1. The van der Waals surface area contributed by atoms with Crippen LogP contribution >= 0.6 is 0 Å². The van der Waals surface area contributed by atoms with Crippen molar-refractivity contribution in [1.82, 2.24) is 24.5 Å². The molecule has 2 aliphatic rings. The molecule has 0 unspecified atom stereocenters. The molecular weight excluding hydrogens is 426 g/mol. The summed E-state index contributed by atoms with van der Waals surface area (Å²) in [6.07, 6.45) is 6.59. The zero-order valence-electron chi connectivity index (χ0n) is 18.3. The van der Waals surface area contributed by atoms with E-state index in [0.717, 1.165) is 19.3 Å². The largest absolute Gasteiger partial charge is 0.391 e. The number of hydrogen-bond acceptors (Lipinski definition) is 8. The van der Waals surface area contributed by atoms with Gasteiger partial charge in [0.1, 0.15) is 22.9 Å². The maximum absolute atomic E-state index is 12.9. The second kappa shape index (κ2) is 8.83. The van der Waals surface area contributed by atoms with Gasteiger partial charge in [0.05, 0.1) is 31.1 Å². The average molecular weight is 454 g/mol. The molecule has 33 heavy (non-hydrogen) atoms. The molecule has 11 heteroatoms. The molecule has 2 atom stereocenters. The maximum atomic E-state index is 12.9. The summed E-state index contributed by atoms with van der Waals surface area (Å²) in [4.78, 5) is 30.2. The number of hydrogen-bond donors (Lipinski definition) is 4. The van der Waals surface area contributed by atoms with Crippen molar-refractivity contribution >= 4 is 28.9 Å². The Balaban J connectivity index is 1.40. The lowest BCUT2D eigenvalue weighted by atomic mass is 9.89. The summed E-state index contributed by atoms with van der Waals surface area (Å²) in [6, 6.07) is 4.93. The number of fused-ring (bicyclic) bond motifs is 1. The fourth-order valence-corrected chi connectivity index (χ4v) is 3.76. The molecule has 1 amide bonds. The van der Waals surface area contributed by atoms with Gasteiger partial charge in [-0.3, -0.25) is 9.59 Å². The topological polar surface area (TPSA) is 135 Å². The highest BCUT2D eigenvalue weighted by Gasteiger charge is 2.31. The number of aromatic nitrogens is 4. The molecule has 3 aromatic heterocycles. The molecule has 0 aromatic carbocycles. The Morgan fingerprint density at radius 2 is 2.15 bits per heavy atom. The van der Waals surface area contributed by atoms with Gasteiger partial charge in [0, 0.05) is 25.9 Å². The van der Waals surface area contributed by atoms with Crippen molar-refractivity contribution in [2.75, 3.05) is 24.3 Å². The molecule has 3 heterocycles. The standard InChI is InChI=1S/C22H27N7O4/c1-23-19-11-18(25-16-3-2-8-28(22(16)32)9-10-33-13-4-5-13)27-20-14(12-24-29(19)20)21(31)26-15-6-7-17(15)30/h2-3,8,11-13,15,17,23,30H,4-7,9-10H2,1H3,(H,25,27)(H,26,31)/t15-,17-/m0/s1. The molecule has 3 aromatic rings. The van der Waals surface area contributed by atoms with E-state index in [-0.39, 0.29) is 23.1 Å². The van der Waals surface area contributed by atoms with Gasteiger partial charge in [0.15, 0.2) is 5.65 Å². The van der Waals surface area contributed by atoms with Crippen LogP contribution in [-0.2, 0) is 11.3 Å². The summed E-state index contributed by atoms with van der Waals surface area (Å²) in [5.41, 5.74) is 0.808. The molecule has 0 spiro atoms. The van der Waals surface area contributed by atoms with Crippen LogP contribution in [-0.4, -0.2) is 62.1 Å². The zero-order valence-corrected chi connectivity index (χ0v) is 18.3. The number of ether oxygens (including phenoxy) is 1. The molecule has 2 aliphatic carbocycles. The number of carbonyl (C=O) groups excluding carboxylic acids is 1. The van der Waals surface area contributed by atoms with E-state index >= 15 is 0 Å². The Morgan fingerprint density at radius 1 is 1.30 bits per heavy atom. The summed E-state index contributed by atoms with van der Waals surface area (Å²) >= 11 is 0. The second-order valence-electron chi connectivity index (χ2n) is 8.41. The van der Waals surface area contributed by atoms with Crippen LogP contribution < -0.4 is 21.5 Å². The fraction of sp³-hybridized carbons (Fsp3) is 0.455. The molecular formula is C22H27N7O4. The molecule has 2 fully saturated rings. The molecule has 5 rings (SSSR count). The highest BCUT2D eigenvalue weighted by Crippen LogP contribution is 2.24. The van der Waals surface area contributed by atoms with Crippen molar-refractivity contribution in [1.29, 1.82) is 0 Å². The van der Waals surface area contributed by atoms with Crippen LogP contribution in [0.5, 0.6) is 0 Å². The SMILES string of the molecule is CNc1cc(Nc2cccn(CCOC3CC3)c2=O)nc2c(C(=O)N[C@H]3CC[C@@H]3O)cnn12. The molecule has 174 valence electrons. The minimum Gasteiger partial charge on any atom is -0.391 e. The molecule has 0 aliphatic heterocycles. The Labute approximate surface area is 189 Å². The number of nitrogens with one attached hydrogen (secondary N) is 3. The predicted octanol–water partition coefficient (Wildman–Crippen LogP) is 1.11. The van der Waals surface area contributed by atoms with E-state index in [1.807, 2.05) is 0 Å². The quantitative estimate of drug-likeness (QED) is 0.378. The van der Waals surface area contributed by atoms with Crippen LogP contribution in [0.4, 0.5) is 17.3 Å². The van der Waals surface area contributed by atoms with Crippen molar-refractivity contribution in [2.24, 2.45) is 0 Å². The van der Waals surface area contributed by atoms with Crippen LogP contribution in [0.15, 0.2) is 35.4 Å². The Hall–Kier alpha value is -3.44. The third-order valence-electron chi connectivity index (χ3n) is 6.02. The molecule has 0 radical (unpaired) electrons. The fourth-order valence-electron chi connectivity index (χ4n) is 3.76. The van der Waals surface area contributed by atoms with E-state index < -0.39 is 6.10 Å². The minimum atomic E-state index is -0.524. The molecule has 4 N–H and O–H groups in total. The lowest BCUT2D eigenvalue weighted by Gasteiger charge is -2.32. The van der Waals surface area contributed by atoms with Crippen LogP contribution in [0.1, 0.15) is 36.0 Å². The van der Waals surface area contributed by atoms with E-state index in [4.69, 9.17) is 4.74 Å². The first kappa shape index (κ1) is 21.4. The summed E-state index contributed by atoms with van der Waals surface area (Å²) < 4.78 is 8.78. The first-order chi connectivity index (χ1) is 16.0. The average Bonchev–Trinajstić information content (AvgIpc) is 3.54. The second-order valence-corrected chi connectivity index (χ2v) is 8.41. The van der Waals surface area contributed by atoms with Gasteiger partial charge in [-0.15, -0.1) is 0 Å². The smallest absolute Gasteiger partial charge is 0.274 e. The monoisotopic (exact) mass is 453 g/mol. The van der Waals surface area contributed by atoms with Crippen molar-refractivity contribution in [2.45, 2.75) is 50.5 Å². The predicted molar refractivity (Wildman–Crippen MR) is 122 cm³/mol. The van der Waals surface area contributed by atoms with E-state index in [1.54, 1.807) is 36.0 Å². The Kier molecular flexibility index (Phi) is 5.73. The van der Waals surface area contributed by atoms with Crippen LogP contribution in [0.25, 0.3) is 5.65 Å². The first-order valence-corrected chi connectivity index (χ1v) is 11.2. The number of pyridine rings is 1. The zero-order chi connectivity index (χ0) is 22.9. The van der Waals surface area contributed by atoms with E-state index in [0.29, 0.717) is 48.6 Å². The summed E-state index contributed by atoms with van der Waals surface area (Å²) in [5.74, 6) is 0.645. The number of carbonyl (C=O) groups is 1. The Morgan fingerprint density at radius 3 is 2.85 bits per heavy atom. The lowest BCUT2D eigenvalue weighted by Crippen LogP contribution is -2.50. The van der Waals surface area contributed by atoms with Gasteiger partial charge in [-0.05, 0) is 37.8 Å². The first-order valence-electron chi connectivity index (χ1n) is 11.2. The molecule has 2 saturated carbocycles. The van der Waals surface area contributed by atoms with Gasteiger partial charge in [-0.2, -0.15) is 9.61 Å².